The third kappa shape index (κ3) is 5.95. The molecule has 0 aliphatic carbocycles. The summed E-state index contributed by atoms with van der Waals surface area (Å²) in [5.41, 5.74) is 1.61. The molecule has 1 amide bonds. The number of aliphatic hydroxyl groups is 1. The average Bonchev–Trinajstić information content (AvgIpc) is 3.29. The summed E-state index contributed by atoms with van der Waals surface area (Å²) in [6.45, 7) is 2.45. The van der Waals surface area contributed by atoms with Gasteiger partial charge in [-0.05, 0) is 23.4 Å². The lowest BCUT2D eigenvalue weighted by atomic mass is 10.2. The first-order valence-corrected chi connectivity index (χ1v) is 11.5. The van der Waals surface area contributed by atoms with Crippen LogP contribution in [0.2, 0.25) is 5.02 Å². The summed E-state index contributed by atoms with van der Waals surface area (Å²) in [4.78, 5) is 16.6. The second kappa shape index (κ2) is 10.3. The van der Waals surface area contributed by atoms with Gasteiger partial charge in [-0.3, -0.25) is 10.1 Å². The zero-order valence-electron chi connectivity index (χ0n) is 15.0. The van der Waals surface area contributed by atoms with Gasteiger partial charge in [0.2, 0.25) is 11.0 Å². The second-order valence-corrected chi connectivity index (χ2v) is 9.44. The molecule has 148 valence electrons. The molecular weight excluding hydrogens is 438 g/mol. The molecule has 0 saturated carbocycles. The highest BCUT2D eigenvalue weighted by atomic mass is 35.5. The van der Waals surface area contributed by atoms with Gasteiger partial charge in [0.1, 0.15) is 0 Å². The number of nitrogens with one attached hydrogen (secondary N) is 1. The number of imidazole rings is 1. The van der Waals surface area contributed by atoms with E-state index in [1.54, 1.807) is 18.0 Å². The maximum atomic E-state index is 12.2. The topological polar surface area (TPSA) is 92.9 Å². The number of benzene rings is 1. The van der Waals surface area contributed by atoms with Crippen molar-refractivity contribution in [2.45, 2.75) is 29.6 Å². The summed E-state index contributed by atoms with van der Waals surface area (Å²) >= 11 is 10.2. The molecule has 11 heteroatoms. The first kappa shape index (κ1) is 21.1. The van der Waals surface area contributed by atoms with Crippen molar-refractivity contribution in [3.63, 3.8) is 0 Å². The number of hydrogen-bond donors (Lipinski definition) is 2. The van der Waals surface area contributed by atoms with E-state index in [1.165, 1.54) is 23.1 Å². The minimum atomic E-state index is -0.180. The van der Waals surface area contributed by atoms with Crippen molar-refractivity contribution in [1.82, 2.24) is 19.7 Å². The van der Waals surface area contributed by atoms with Crippen LogP contribution in [0.5, 0.6) is 0 Å². The quantitative estimate of drug-likeness (QED) is 0.374. The summed E-state index contributed by atoms with van der Waals surface area (Å²) in [5, 5.41) is 22.0. The molecule has 0 unspecified atom stereocenters. The Balaban J connectivity index is 1.61. The van der Waals surface area contributed by atoms with E-state index >= 15 is 0 Å². The van der Waals surface area contributed by atoms with E-state index in [0.717, 1.165) is 15.7 Å². The zero-order valence-corrected chi connectivity index (χ0v) is 18.2. The Bertz CT molecular complexity index is 929. The van der Waals surface area contributed by atoms with Gasteiger partial charge in [-0.15, -0.1) is 10.2 Å². The number of carbonyl (C=O) groups is 1. The molecule has 2 heterocycles. The van der Waals surface area contributed by atoms with Crippen molar-refractivity contribution in [3.05, 3.63) is 46.7 Å². The van der Waals surface area contributed by atoms with Gasteiger partial charge in [0, 0.05) is 17.8 Å². The van der Waals surface area contributed by atoms with Gasteiger partial charge < -0.3 is 9.67 Å². The third-order valence-corrected chi connectivity index (χ3v) is 6.57. The molecule has 0 spiro atoms. The zero-order chi connectivity index (χ0) is 19.9. The van der Waals surface area contributed by atoms with Gasteiger partial charge >= 0.3 is 0 Å². The molecule has 7 nitrogen and oxygen atoms in total. The summed E-state index contributed by atoms with van der Waals surface area (Å²) in [6, 6.07) is 7.52. The van der Waals surface area contributed by atoms with Crippen molar-refractivity contribution in [2.24, 2.45) is 0 Å². The first-order valence-electron chi connectivity index (χ1n) is 8.37. The third-order valence-electron chi connectivity index (χ3n) is 3.47. The number of thioether (sulfide) groups is 2. The maximum Gasteiger partial charge on any atom is 0.236 e. The highest BCUT2D eigenvalue weighted by Gasteiger charge is 2.13. The SMILES string of the molecule is CCSc1nnc(NC(=O)CSc2nc(CO)cn2Cc2ccc(Cl)cc2)s1. The van der Waals surface area contributed by atoms with Gasteiger partial charge in [0.25, 0.3) is 0 Å². The molecule has 0 atom stereocenters. The minimum Gasteiger partial charge on any atom is -0.390 e. The summed E-state index contributed by atoms with van der Waals surface area (Å²) in [7, 11) is 0. The fourth-order valence-corrected chi connectivity index (χ4v) is 4.86. The van der Waals surface area contributed by atoms with Crippen molar-refractivity contribution < 1.29 is 9.90 Å². The molecule has 0 radical (unpaired) electrons. The largest absolute Gasteiger partial charge is 0.390 e. The van der Waals surface area contributed by atoms with E-state index in [2.05, 4.69) is 20.5 Å². The summed E-state index contributed by atoms with van der Waals surface area (Å²) in [6.07, 6.45) is 1.79. The van der Waals surface area contributed by atoms with Gasteiger partial charge in [0.05, 0.1) is 18.1 Å². The predicted octanol–water partition coefficient (Wildman–Crippen LogP) is 3.77. The first-order chi connectivity index (χ1) is 13.6. The molecule has 3 rings (SSSR count). The summed E-state index contributed by atoms with van der Waals surface area (Å²) < 4.78 is 2.74. The Morgan fingerprint density at radius 2 is 2.07 bits per heavy atom. The lowest BCUT2D eigenvalue weighted by Gasteiger charge is -2.07. The van der Waals surface area contributed by atoms with E-state index in [9.17, 15) is 9.90 Å². The van der Waals surface area contributed by atoms with Crippen LogP contribution in [0.4, 0.5) is 5.13 Å². The number of aliphatic hydroxyl groups excluding tert-OH is 1. The van der Waals surface area contributed by atoms with E-state index in [4.69, 9.17) is 11.6 Å². The molecule has 1 aromatic carbocycles. The van der Waals surface area contributed by atoms with Crippen LogP contribution in [0.25, 0.3) is 0 Å². The van der Waals surface area contributed by atoms with Crippen LogP contribution in [0, 0.1) is 0 Å². The van der Waals surface area contributed by atoms with Crippen LogP contribution in [-0.4, -0.2) is 42.3 Å². The molecule has 0 aliphatic rings. The molecule has 0 bridgehead atoms. The van der Waals surface area contributed by atoms with Crippen LogP contribution >= 0.6 is 46.5 Å². The van der Waals surface area contributed by atoms with Crippen molar-refractivity contribution in [2.75, 3.05) is 16.8 Å². The van der Waals surface area contributed by atoms with E-state index in [-0.39, 0.29) is 18.3 Å². The van der Waals surface area contributed by atoms with Crippen molar-refractivity contribution >= 4 is 57.5 Å². The maximum absolute atomic E-state index is 12.2. The number of anilines is 1. The second-order valence-electron chi connectivity index (χ2n) is 5.57. The number of nitrogens with zero attached hydrogens (tertiary/aromatic N) is 4. The van der Waals surface area contributed by atoms with Crippen LogP contribution in [0.15, 0.2) is 40.0 Å². The van der Waals surface area contributed by atoms with Gasteiger partial charge in [-0.25, -0.2) is 4.98 Å². The van der Waals surface area contributed by atoms with Crippen molar-refractivity contribution in [1.29, 1.82) is 0 Å². The monoisotopic (exact) mass is 455 g/mol. The normalized spacial score (nSPS) is 11.0. The fourth-order valence-electron chi connectivity index (χ4n) is 2.27. The Hall–Kier alpha value is -1.59. The molecular formula is C17H18ClN5O2S3. The van der Waals surface area contributed by atoms with Gasteiger partial charge in [0.15, 0.2) is 9.50 Å². The van der Waals surface area contributed by atoms with Crippen LogP contribution in [-0.2, 0) is 17.9 Å². The number of aromatic nitrogens is 4. The fraction of sp³-hybridized carbons (Fsp3) is 0.294. The highest BCUT2D eigenvalue weighted by molar-refractivity contribution is 8.01. The molecule has 0 saturated heterocycles. The number of halogens is 1. The average molecular weight is 456 g/mol. The highest BCUT2D eigenvalue weighted by Crippen LogP contribution is 2.25. The Labute approximate surface area is 179 Å². The van der Waals surface area contributed by atoms with E-state index in [0.29, 0.717) is 27.5 Å². The Kier molecular flexibility index (Phi) is 7.74. The van der Waals surface area contributed by atoms with Gasteiger partial charge in [-0.1, -0.05) is 65.5 Å². The van der Waals surface area contributed by atoms with E-state index < -0.39 is 0 Å². The number of hydrogen-bond acceptors (Lipinski definition) is 8. The standard InChI is InChI=1S/C17H18ClN5O2S3/c1-2-26-17-22-21-15(28-17)20-14(25)10-27-16-19-13(9-24)8-23(16)7-11-3-5-12(18)6-4-11/h3-6,8,24H,2,7,9-10H2,1H3,(H,20,21,25). The van der Waals surface area contributed by atoms with E-state index in [1.807, 2.05) is 35.8 Å². The summed E-state index contributed by atoms with van der Waals surface area (Å²) in [5.74, 6) is 0.904. The minimum absolute atomic E-state index is 0.157. The Morgan fingerprint density at radius 3 is 2.79 bits per heavy atom. The van der Waals surface area contributed by atoms with Crippen LogP contribution in [0.1, 0.15) is 18.2 Å². The van der Waals surface area contributed by atoms with Gasteiger partial charge in [-0.2, -0.15) is 0 Å². The predicted molar refractivity (Wildman–Crippen MR) is 114 cm³/mol. The molecule has 3 aromatic rings. The number of rotatable bonds is 9. The number of carbonyl (C=O) groups excluding carboxylic acids is 1. The smallest absolute Gasteiger partial charge is 0.236 e. The van der Waals surface area contributed by atoms with Crippen molar-refractivity contribution in [3.8, 4) is 0 Å². The Morgan fingerprint density at radius 1 is 1.29 bits per heavy atom. The molecule has 2 aromatic heterocycles. The molecule has 28 heavy (non-hydrogen) atoms. The number of amides is 1. The lowest BCUT2D eigenvalue weighted by molar-refractivity contribution is -0.113. The van der Waals surface area contributed by atoms with Crippen LogP contribution in [0.3, 0.4) is 0 Å². The van der Waals surface area contributed by atoms with Crippen LogP contribution < -0.4 is 5.32 Å². The molecule has 0 fully saturated rings. The lowest BCUT2D eigenvalue weighted by Crippen LogP contribution is -2.14. The molecule has 2 N–H and O–H groups in total. The molecule has 0 aliphatic heterocycles.